The Morgan fingerprint density at radius 2 is 1.89 bits per heavy atom. The molecule has 94 valence electrons. The highest BCUT2D eigenvalue weighted by molar-refractivity contribution is 9.08. The maximum absolute atomic E-state index is 11.8. The van der Waals surface area contributed by atoms with Gasteiger partial charge in [0.15, 0.2) is 0 Å². The van der Waals surface area contributed by atoms with Crippen LogP contribution in [0.3, 0.4) is 0 Å². The van der Waals surface area contributed by atoms with E-state index in [1.54, 1.807) is 6.07 Å². The van der Waals surface area contributed by atoms with E-state index in [1.807, 2.05) is 29.6 Å². The Bertz CT molecular complexity index is 538. The van der Waals surface area contributed by atoms with Crippen LogP contribution in [0.25, 0.3) is 0 Å². The summed E-state index contributed by atoms with van der Waals surface area (Å²) in [5.41, 5.74) is 2.28. The minimum absolute atomic E-state index is 0.125. The van der Waals surface area contributed by atoms with Gasteiger partial charge in [-0.3, -0.25) is 4.79 Å². The number of nitrogens with one attached hydrogen (secondary N) is 1. The molecule has 1 heterocycles. The number of alkyl halides is 1. The lowest BCUT2D eigenvalue weighted by Gasteiger charge is -2.05. The monoisotopic (exact) mass is 343 g/mol. The van der Waals surface area contributed by atoms with Crippen LogP contribution in [-0.4, -0.2) is 5.91 Å². The molecule has 2 aromatic rings. The number of hydrogen-bond acceptors (Lipinski definition) is 2. The van der Waals surface area contributed by atoms with E-state index in [0.29, 0.717) is 16.4 Å². The van der Waals surface area contributed by atoms with Crippen LogP contribution < -0.4 is 5.32 Å². The number of benzene rings is 1. The molecule has 0 saturated heterocycles. The van der Waals surface area contributed by atoms with Crippen molar-refractivity contribution in [2.24, 2.45) is 0 Å². The van der Waals surface area contributed by atoms with Crippen molar-refractivity contribution < 1.29 is 4.79 Å². The Hall–Kier alpha value is -0.840. The third kappa shape index (κ3) is 3.34. The number of thiophene rings is 1. The van der Waals surface area contributed by atoms with E-state index in [2.05, 4.69) is 21.2 Å². The predicted molar refractivity (Wildman–Crippen MR) is 79.6 cm³/mol. The highest BCUT2D eigenvalue weighted by atomic mass is 79.9. The molecule has 0 aliphatic heterocycles. The second kappa shape index (κ2) is 6.36. The first-order valence-electron chi connectivity index (χ1n) is 5.35. The molecule has 2 nitrogen and oxygen atoms in total. The van der Waals surface area contributed by atoms with E-state index in [-0.39, 0.29) is 5.91 Å². The number of amides is 1. The Morgan fingerprint density at radius 1 is 1.22 bits per heavy atom. The lowest BCUT2D eigenvalue weighted by atomic mass is 10.1. The Kier molecular flexibility index (Phi) is 4.80. The van der Waals surface area contributed by atoms with Crippen LogP contribution in [0.5, 0.6) is 0 Å². The van der Waals surface area contributed by atoms with Crippen molar-refractivity contribution in [2.45, 2.75) is 11.9 Å². The summed E-state index contributed by atoms with van der Waals surface area (Å²) in [4.78, 5) is 12.4. The largest absolute Gasteiger partial charge is 0.347 e. The summed E-state index contributed by atoms with van der Waals surface area (Å²) in [6, 6.07) is 9.81. The molecule has 0 spiro atoms. The summed E-state index contributed by atoms with van der Waals surface area (Å²) in [6.45, 7) is 0.510. The van der Waals surface area contributed by atoms with Crippen LogP contribution in [0.1, 0.15) is 20.8 Å². The molecule has 1 aromatic carbocycles. The van der Waals surface area contributed by atoms with Crippen LogP contribution in [0.4, 0.5) is 0 Å². The molecule has 1 amide bonds. The van der Waals surface area contributed by atoms with E-state index in [4.69, 9.17) is 11.6 Å². The van der Waals surface area contributed by atoms with Gasteiger partial charge in [-0.2, -0.15) is 0 Å². The fraction of sp³-hybridized carbons (Fsp3) is 0.154. The summed E-state index contributed by atoms with van der Waals surface area (Å²) < 4.78 is 0. The van der Waals surface area contributed by atoms with Crippen molar-refractivity contribution in [2.75, 3.05) is 0 Å². The molecule has 1 aromatic heterocycles. The molecule has 1 N–H and O–H groups in total. The van der Waals surface area contributed by atoms with Crippen molar-refractivity contribution in [3.8, 4) is 0 Å². The topological polar surface area (TPSA) is 29.1 Å². The van der Waals surface area contributed by atoms with E-state index >= 15 is 0 Å². The quantitative estimate of drug-likeness (QED) is 0.826. The minimum Gasteiger partial charge on any atom is -0.347 e. The molecule has 0 bridgehead atoms. The first kappa shape index (κ1) is 13.6. The van der Waals surface area contributed by atoms with Crippen LogP contribution in [0.2, 0.25) is 5.02 Å². The summed E-state index contributed by atoms with van der Waals surface area (Å²) in [6.07, 6.45) is 0. The van der Waals surface area contributed by atoms with E-state index < -0.39 is 0 Å². The van der Waals surface area contributed by atoms with Gasteiger partial charge in [-0.1, -0.05) is 51.8 Å². The molecule has 2 rings (SSSR count). The van der Waals surface area contributed by atoms with Gasteiger partial charge in [0.2, 0.25) is 0 Å². The van der Waals surface area contributed by atoms with Gasteiger partial charge in [-0.15, -0.1) is 11.3 Å². The van der Waals surface area contributed by atoms with Crippen LogP contribution in [0, 0.1) is 0 Å². The second-order valence-corrected chi connectivity index (χ2v) is 5.61. The number of rotatable bonds is 4. The molecular formula is C13H11BrClNOS. The smallest absolute Gasteiger partial charge is 0.263 e. The zero-order valence-electron chi connectivity index (χ0n) is 9.45. The summed E-state index contributed by atoms with van der Waals surface area (Å²) in [5.74, 6) is -0.125. The third-order valence-electron chi connectivity index (χ3n) is 2.45. The van der Waals surface area contributed by atoms with E-state index in [9.17, 15) is 4.79 Å². The molecule has 0 aliphatic rings. The van der Waals surface area contributed by atoms with Crippen LogP contribution in [-0.2, 0) is 11.9 Å². The minimum atomic E-state index is -0.125. The second-order valence-electron chi connectivity index (χ2n) is 3.73. The molecule has 18 heavy (non-hydrogen) atoms. The van der Waals surface area contributed by atoms with E-state index in [0.717, 1.165) is 10.9 Å². The van der Waals surface area contributed by atoms with Crippen molar-refractivity contribution in [1.82, 2.24) is 5.32 Å². The fourth-order valence-electron chi connectivity index (χ4n) is 1.46. The zero-order chi connectivity index (χ0) is 13.0. The highest BCUT2D eigenvalue weighted by Gasteiger charge is 2.10. The number of hydrogen-bond donors (Lipinski definition) is 1. The summed E-state index contributed by atoms with van der Waals surface area (Å²) in [5, 5.41) is 6.01. The zero-order valence-corrected chi connectivity index (χ0v) is 12.6. The Balaban J connectivity index is 1.95. The molecule has 0 aliphatic carbocycles. The maximum Gasteiger partial charge on any atom is 0.263 e. The first-order valence-corrected chi connectivity index (χ1v) is 7.73. The Morgan fingerprint density at radius 3 is 2.44 bits per heavy atom. The molecule has 0 atom stereocenters. The van der Waals surface area contributed by atoms with Crippen LogP contribution >= 0.6 is 38.9 Å². The van der Waals surface area contributed by atoms with Crippen LogP contribution in [0.15, 0.2) is 35.7 Å². The molecular weight excluding hydrogens is 334 g/mol. The van der Waals surface area contributed by atoms with Gasteiger partial charge < -0.3 is 5.32 Å². The van der Waals surface area contributed by atoms with Gasteiger partial charge in [0.1, 0.15) is 4.88 Å². The predicted octanol–water partition coefficient (Wildman–Crippen LogP) is 4.23. The van der Waals surface area contributed by atoms with Crippen molar-refractivity contribution >= 4 is 44.8 Å². The average molecular weight is 345 g/mol. The van der Waals surface area contributed by atoms with Gasteiger partial charge in [-0.05, 0) is 22.6 Å². The molecule has 5 heteroatoms. The van der Waals surface area contributed by atoms with Gasteiger partial charge in [0.25, 0.3) is 5.91 Å². The fourth-order valence-corrected chi connectivity index (χ4v) is 2.90. The standard InChI is InChI=1S/C13H11BrClNOS/c14-7-9-1-3-10(4-2-9)8-16-13(17)12-11(15)5-6-18-12/h1-6H,7-8H2,(H,16,17). The molecule has 0 fully saturated rings. The number of halogens is 2. The van der Waals surface area contributed by atoms with Gasteiger partial charge in [0, 0.05) is 11.9 Å². The summed E-state index contributed by atoms with van der Waals surface area (Å²) in [7, 11) is 0. The van der Waals surface area contributed by atoms with Crippen molar-refractivity contribution in [3.63, 3.8) is 0 Å². The molecule has 0 saturated carbocycles. The average Bonchev–Trinajstić information content (AvgIpc) is 2.83. The highest BCUT2D eigenvalue weighted by Crippen LogP contribution is 2.21. The van der Waals surface area contributed by atoms with E-state index in [1.165, 1.54) is 16.9 Å². The summed E-state index contributed by atoms with van der Waals surface area (Å²) >= 11 is 10.6. The Labute approximate surface area is 123 Å². The first-order chi connectivity index (χ1) is 8.70. The van der Waals surface area contributed by atoms with Crippen molar-refractivity contribution in [3.05, 3.63) is 56.7 Å². The lowest BCUT2D eigenvalue weighted by Crippen LogP contribution is -2.22. The molecule has 0 unspecified atom stereocenters. The lowest BCUT2D eigenvalue weighted by molar-refractivity contribution is 0.0955. The van der Waals surface area contributed by atoms with Gasteiger partial charge in [-0.25, -0.2) is 0 Å². The molecule has 0 radical (unpaired) electrons. The van der Waals surface area contributed by atoms with Gasteiger partial charge in [0.05, 0.1) is 5.02 Å². The third-order valence-corrected chi connectivity index (χ3v) is 4.44. The SMILES string of the molecule is O=C(NCc1ccc(CBr)cc1)c1sccc1Cl. The number of carbonyl (C=O) groups is 1. The van der Waals surface area contributed by atoms with Gasteiger partial charge >= 0.3 is 0 Å². The van der Waals surface area contributed by atoms with Crippen molar-refractivity contribution in [1.29, 1.82) is 0 Å². The maximum atomic E-state index is 11.8. The number of carbonyl (C=O) groups excluding carboxylic acids is 1. The normalized spacial score (nSPS) is 10.3.